The summed E-state index contributed by atoms with van der Waals surface area (Å²) in [5, 5.41) is 18.8. The number of azo groups is 1. The quantitative estimate of drug-likeness (QED) is 0.634. The van der Waals surface area contributed by atoms with E-state index in [1.54, 1.807) is 0 Å². The second kappa shape index (κ2) is 7.95. The number of oxazole rings is 1. The average molecular weight is 434 g/mol. The van der Waals surface area contributed by atoms with E-state index in [0.717, 1.165) is 61.7 Å². The van der Waals surface area contributed by atoms with Gasteiger partial charge in [-0.15, -0.1) is 0 Å². The van der Waals surface area contributed by atoms with Gasteiger partial charge in [0.05, 0.1) is 13.2 Å². The first-order valence-electron chi connectivity index (χ1n) is 11.3. The largest absolute Gasteiger partial charge is 0.492 e. The van der Waals surface area contributed by atoms with Crippen molar-refractivity contribution in [1.29, 1.82) is 0 Å². The van der Waals surface area contributed by atoms with Crippen LogP contribution in [0.1, 0.15) is 24.4 Å². The van der Waals surface area contributed by atoms with Crippen molar-refractivity contribution in [1.82, 2.24) is 9.88 Å². The van der Waals surface area contributed by atoms with Gasteiger partial charge in [-0.25, -0.2) is 4.98 Å². The zero-order valence-electron chi connectivity index (χ0n) is 17.8. The van der Waals surface area contributed by atoms with E-state index in [4.69, 9.17) is 13.9 Å². The molecule has 0 radical (unpaired) electrons. The number of ether oxygens (including phenoxy) is 2. The van der Waals surface area contributed by atoms with Gasteiger partial charge < -0.3 is 19.0 Å². The van der Waals surface area contributed by atoms with Crippen LogP contribution in [-0.2, 0) is 4.74 Å². The maximum Gasteiger partial charge on any atom is 0.227 e. The summed E-state index contributed by atoms with van der Waals surface area (Å²) >= 11 is 0. The van der Waals surface area contributed by atoms with Crippen LogP contribution in [0, 0.1) is 5.92 Å². The summed E-state index contributed by atoms with van der Waals surface area (Å²) in [6.45, 7) is 5.08. The topological polar surface area (TPSA) is 92.7 Å². The third kappa shape index (κ3) is 3.58. The van der Waals surface area contributed by atoms with Crippen LogP contribution in [0.15, 0.2) is 57.1 Å². The van der Waals surface area contributed by atoms with Gasteiger partial charge in [0.1, 0.15) is 23.9 Å². The van der Waals surface area contributed by atoms with E-state index in [1.807, 2.05) is 42.5 Å². The van der Waals surface area contributed by atoms with Gasteiger partial charge in [-0.1, -0.05) is 6.07 Å². The van der Waals surface area contributed by atoms with Gasteiger partial charge >= 0.3 is 0 Å². The molecule has 3 aliphatic rings. The highest BCUT2D eigenvalue weighted by Gasteiger charge is 2.54. The van der Waals surface area contributed by atoms with E-state index in [-0.39, 0.29) is 12.0 Å². The van der Waals surface area contributed by atoms with Gasteiger partial charge in [0.25, 0.3) is 0 Å². The number of fused-ring (bicyclic) bond motifs is 2. The maximum absolute atomic E-state index is 10.4. The Hall–Kier alpha value is -2.81. The Bertz CT molecular complexity index is 1140. The van der Waals surface area contributed by atoms with Gasteiger partial charge in [0.2, 0.25) is 5.89 Å². The Morgan fingerprint density at radius 1 is 1.12 bits per heavy atom. The molecule has 2 aromatic carbocycles. The third-order valence-electron chi connectivity index (χ3n) is 6.79. The van der Waals surface area contributed by atoms with Crippen molar-refractivity contribution >= 4 is 11.1 Å². The zero-order valence-corrected chi connectivity index (χ0v) is 17.8. The molecule has 2 fully saturated rings. The summed E-state index contributed by atoms with van der Waals surface area (Å²) in [5.41, 5.74) is 2.46. The van der Waals surface area contributed by atoms with E-state index in [1.165, 1.54) is 0 Å². The van der Waals surface area contributed by atoms with Crippen LogP contribution in [0.3, 0.4) is 0 Å². The lowest BCUT2D eigenvalue weighted by Gasteiger charge is -2.38. The van der Waals surface area contributed by atoms with Crippen molar-refractivity contribution < 1.29 is 19.0 Å². The summed E-state index contributed by atoms with van der Waals surface area (Å²) in [5.74, 6) is 1.48. The monoisotopic (exact) mass is 434 g/mol. The minimum atomic E-state index is -0.960. The van der Waals surface area contributed by atoms with Crippen LogP contribution in [0.25, 0.3) is 22.6 Å². The fraction of sp³-hybridized carbons (Fsp3) is 0.458. The number of benzene rings is 2. The second-order valence-corrected chi connectivity index (χ2v) is 8.76. The van der Waals surface area contributed by atoms with Crippen LogP contribution < -0.4 is 4.74 Å². The lowest BCUT2D eigenvalue weighted by Crippen LogP contribution is -2.44. The van der Waals surface area contributed by atoms with Gasteiger partial charge in [-0.05, 0) is 54.8 Å². The predicted molar refractivity (Wildman–Crippen MR) is 117 cm³/mol. The summed E-state index contributed by atoms with van der Waals surface area (Å²) in [6.07, 6.45) is 1.63. The standard InChI is InChI=1S/C24H26N4O4/c29-24-8-7-19(24)22(26-27-24)17-3-6-20-21(15-17)32-23(25-20)16-1-4-18(5-2-16)31-14-11-28-9-12-30-13-10-28/h1-6,15,19,22,29H,7-14H2. The highest BCUT2D eigenvalue weighted by molar-refractivity contribution is 5.77. The number of aliphatic hydroxyl groups is 1. The van der Waals surface area contributed by atoms with Crippen molar-refractivity contribution in [2.24, 2.45) is 16.1 Å². The van der Waals surface area contributed by atoms with E-state index in [2.05, 4.69) is 20.1 Å². The van der Waals surface area contributed by atoms with Gasteiger partial charge in [-0.3, -0.25) is 4.90 Å². The Balaban J connectivity index is 1.13. The highest BCUT2D eigenvalue weighted by Crippen LogP contribution is 2.53. The van der Waals surface area contributed by atoms with E-state index in [9.17, 15) is 5.11 Å². The molecule has 1 saturated heterocycles. The Labute approximate surface area is 185 Å². The van der Waals surface area contributed by atoms with E-state index < -0.39 is 5.72 Å². The molecule has 1 saturated carbocycles. The Morgan fingerprint density at radius 3 is 2.72 bits per heavy atom. The molecule has 32 heavy (non-hydrogen) atoms. The number of morpholine rings is 1. The predicted octanol–water partition coefficient (Wildman–Crippen LogP) is 3.81. The van der Waals surface area contributed by atoms with Gasteiger partial charge in [-0.2, -0.15) is 10.2 Å². The van der Waals surface area contributed by atoms with Crippen molar-refractivity contribution in [2.45, 2.75) is 24.6 Å². The molecule has 3 aromatic rings. The molecule has 8 nitrogen and oxygen atoms in total. The summed E-state index contributed by atoms with van der Waals surface area (Å²) in [6, 6.07) is 13.7. The molecule has 1 N–H and O–H groups in total. The van der Waals surface area contributed by atoms with Crippen LogP contribution in [0.5, 0.6) is 5.75 Å². The van der Waals surface area contributed by atoms with Crippen molar-refractivity contribution in [2.75, 3.05) is 39.5 Å². The van der Waals surface area contributed by atoms with Gasteiger partial charge in [0.15, 0.2) is 11.3 Å². The van der Waals surface area contributed by atoms with Crippen LogP contribution in [0.4, 0.5) is 0 Å². The fourth-order valence-electron chi connectivity index (χ4n) is 4.71. The summed E-state index contributed by atoms with van der Waals surface area (Å²) < 4.78 is 17.3. The van der Waals surface area contributed by atoms with E-state index in [0.29, 0.717) is 24.5 Å². The number of aromatic nitrogens is 1. The first-order valence-corrected chi connectivity index (χ1v) is 11.3. The molecule has 3 atom stereocenters. The molecule has 6 rings (SSSR count). The van der Waals surface area contributed by atoms with Crippen molar-refractivity contribution in [3.05, 3.63) is 48.0 Å². The lowest BCUT2D eigenvalue weighted by atomic mass is 9.71. The van der Waals surface area contributed by atoms with Crippen molar-refractivity contribution in [3.63, 3.8) is 0 Å². The summed E-state index contributed by atoms with van der Waals surface area (Å²) in [4.78, 5) is 6.99. The number of hydrogen-bond acceptors (Lipinski definition) is 8. The molecule has 0 bridgehead atoms. The van der Waals surface area contributed by atoms with Crippen molar-refractivity contribution in [3.8, 4) is 17.2 Å². The second-order valence-electron chi connectivity index (χ2n) is 8.76. The van der Waals surface area contributed by atoms with Gasteiger partial charge in [0, 0.05) is 31.1 Å². The average Bonchev–Trinajstić information content (AvgIpc) is 3.34. The number of nitrogens with zero attached hydrogens (tertiary/aromatic N) is 4. The Kier molecular flexibility index (Phi) is 4.93. The summed E-state index contributed by atoms with van der Waals surface area (Å²) in [7, 11) is 0. The molecule has 1 aromatic heterocycles. The molecule has 0 spiro atoms. The molecule has 1 aliphatic carbocycles. The van der Waals surface area contributed by atoms with E-state index >= 15 is 0 Å². The third-order valence-corrected chi connectivity index (χ3v) is 6.79. The molecule has 8 heteroatoms. The maximum atomic E-state index is 10.4. The smallest absolute Gasteiger partial charge is 0.227 e. The minimum Gasteiger partial charge on any atom is -0.492 e. The number of hydrogen-bond donors (Lipinski definition) is 1. The molecule has 3 heterocycles. The fourth-order valence-corrected chi connectivity index (χ4v) is 4.71. The SMILES string of the molecule is OC12CCC1C(c1ccc3nc(-c4ccc(OCCN5CCOCC5)cc4)oc3c1)N=N2. The molecule has 3 unspecified atom stereocenters. The zero-order chi connectivity index (χ0) is 21.5. The molecular weight excluding hydrogens is 408 g/mol. The van der Waals surface area contributed by atoms with Crippen LogP contribution >= 0.6 is 0 Å². The molecule has 0 amide bonds. The number of rotatable bonds is 6. The lowest BCUT2D eigenvalue weighted by molar-refractivity contribution is -0.0781. The molecular formula is C24H26N4O4. The highest BCUT2D eigenvalue weighted by atomic mass is 16.5. The minimum absolute atomic E-state index is 0.0677. The molecule has 166 valence electrons. The van der Waals surface area contributed by atoms with Crippen LogP contribution in [-0.4, -0.2) is 60.2 Å². The molecule has 2 aliphatic heterocycles. The normalized spacial score (nSPS) is 27.4. The van der Waals surface area contributed by atoms with Crippen LogP contribution in [0.2, 0.25) is 0 Å². The Morgan fingerprint density at radius 2 is 1.97 bits per heavy atom. The first kappa shape index (κ1) is 19.8. The first-order chi connectivity index (χ1) is 15.7.